The zero-order valence-electron chi connectivity index (χ0n) is 13.6. The van der Waals surface area contributed by atoms with Crippen molar-refractivity contribution in [1.29, 1.82) is 0 Å². The summed E-state index contributed by atoms with van der Waals surface area (Å²) in [4.78, 5) is 2.44. The van der Waals surface area contributed by atoms with E-state index < -0.39 is 0 Å². The Morgan fingerprint density at radius 3 is 2.91 bits per heavy atom. The lowest BCUT2D eigenvalue weighted by Gasteiger charge is -2.20. The molecule has 3 rings (SSSR count). The van der Waals surface area contributed by atoms with Gasteiger partial charge in [-0.25, -0.2) is 0 Å². The van der Waals surface area contributed by atoms with Gasteiger partial charge in [0.15, 0.2) is 0 Å². The monoisotopic (exact) mass is 305 g/mol. The Labute approximate surface area is 132 Å². The number of aliphatic hydroxyl groups is 1. The molecule has 2 aliphatic rings. The first kappa shape index (κ1) is 15.7. The second-order valence-electron chi connectivity index (χ2n) is 6.79. The van der Waals surface area contributed by atoms with Gasteiger partial charge in [0.2, 0.25) is 0 Å². The Morgan fingerprint density at radius 2 is 2.27 bits per heavy atom. The van der Waals surface area contributed by atoms with Crippen molar-refractivity contribution in [3.05, 3.63) is 29.6 Å². The fourth-order valence-electron chi connectivity index (χ4n) is 3.48. The van der Waals surface area contributed by atoms with Crippen LogP contribution in [-0.4, -0.2) is 59.2 Å². The van der Waals surface area contributed by atoms with E-state index in [-0.39, 0.29) is 6.61 Å². The third kappa shape index (κ3) is 3.42. The fourth-order valence-corrected chi connectivity index (χ4v) is 3.48. The second-order valence-corrected chi connectivity index (χ2v) is 6.79. The minimum atomic E-state index is 0.240. The van der Waals surface area contributed by atoms with E-state index in [1.165, 1.54) is 11.1 Å². The van der Waals surface area contributed by atoms with Gasteiger partial charge in [-0.2, -0.15) is 5.10 Å². The summed E-state index contributed by atoms with van der Waals surface area (Å²) in [6, 6.07) is 0.378. The molecule has 0 bridgehead atoms. The molecule has 122 valence electrons. The summed E-state index contributed by atoms with van der Waals surface area (Å²) in [7, 11) is 0. The van der Waals surface area contributed by atoms with Gasteiger partial charge in [0.1, 0.15) is 0 Å². The zero-order valence-corrected chi connectivity index (χ0v) is 13.6. The topological polar surface area (TPSA) is 50.5 Å². The van der Waals surface area contributed by atoms with E-state index >= 15 is 0 Å². The van der Waals surface area contributed by atoms with Gasteiger partial charge in [-0.1, -0.05) is 6.08 Å². The molecular weight excluding hydrogens is 278 g/mol. The standard InChI is InChI=1S/C17H27N3O2/c1-13(2)20-9-15(6-18-20)17-10-19(8-16(17)11-21)7-14-4-3-5-22-12-14/h4,6,9,13,16-17,21H,3,5,7-8,10-12H2,1-2H3/t16-,17-/m0/s1. The van der Waals surface area contributed by atoms with Crippen LogP contribution in [0.2, 0.25) is 0 Å². The summed E-state index contributed by atoms with van der Waals surface area (Å²) in [5.41, 5.74) is 2.63. The van der Waals surface area contributed by atoms with E-state index in [0.29, 0.717) is 17.9 Å². The highest BCUT2D eigenvalue weighted by Gasteiger charge is 2.34. The third-order valence-electron chi connectivity index (χ3n) is 4.74. The second kappa shape index (κ2) is 6.94. The highest BCUT2D eigenvalue weighted by molar-refractivity contribution is 5.18. The predicted molar refractivity (Wildman–Crippen MR) is 85.9 cm³/mol. The largest absolute Gasteiger partial charge is 0.396 e. The van der Waals surface area contributed by atoms with Crippen LogP contribution in [0.5, 0.6) is 0 Å². The van der Waals surface area contributed by atoms with Crippen molar-refractivity contribution in [3.63, 3.8) is 0 Å². The van der Waals surface area contributed by atoms with Crippen molar-refractivity contribution in [2.24, 2.45) is 5.92 Å². The number of aliphatic hydroxyl groups excluding tert-OH is 1. The van der Waals surface area contributed by atoms with Crippen molar-refractivity contribution in [3.8, 4) is 0 Å². The number of ether oxygens (including phenoxy) is 1. The molecule has 1 N–H and O–H groups in total. The van der Waals surface area contributed by atoms with Crippen molar-refractivity contribution >= 4 is 0 Å². The zero-order chi connectivity index (χ0) is 15.5. The highest BCUT2D eigenvalue weighted by atomic mass is 16.5. The summed E-state index contributed by atoms with van der Waals surface area (Å²) in [6.45, 7) is 9.02. The number of hydrogen-bond donors (Lipinski definition) is 1. The van der Waals surface area contributed by atoms with Crippen molar-refractivity contribution < 1.29 is 9.84 Å². The van der Waals surface area contributed by atoms with Crippen LogP contribution >= 0.6 is 0 Å². The number of nitrogens with zero attached hydrogens (tertiary/aromatic N) is 3. The van der Waals surface area contributed by atoms with Crippen LogP contribution in [0.3, 0.4) is 0 Å². The molecule has 0 spiro atoms. The van der Waals surface area contributed by atoms with Gasteiger partial charge in [0.05, 0.1) is 19.4 Å². The normalized spacial score (nSPS) is 26.6. The maximum absolute atomic E-state index is 9.74. The quantitative estimate of drug-likeness (QED) is 0.843. The minimum Gasteiger partial charge on any atom is -0.396 e. The van der Waals surface area contributed by atoms with Crippen LogP contribution in [0.15, 0.2) is 24.0 Å². The molecule has 5 nitrogen and oxygen atoms in total. The van der Waals surface area contributed by atoms with Crippen LogP contribution in [0.1, 0.15) is 37.8 Å². The van der Waals surface area contributed by atoms with Crippen molar-refractivity contribution in [1.82, 2.24) is 14.7 Å². The van der Waals surface area contributed by atoms with Crippen LogP contribution in [-0.2, 0) is 4.74 Å². The van der Waals surface area contributed by atoms with Gasteiger partial charge >= 0.3 is 0 Å². The molecule has 2 atom stereocenters. The van der Waals surface area contributed by atoms with Gasteiger partial charge in [-0.05, 0) is 31.4 Å². The van der Waals surface area contributed by atoms with Gasteiger partial charge in [0.25, 0.3) is 0 Å². The molecule has 0 unspecified atom stereocenters. The van der Waals surface area contributed by atoms with Gasteiger partial charge < -0.3 is 9.84 Å². The number of aromatic nitrogens is 2. The van der Waals surface area contributed by atoms with Crippen LogP contribution in [0.4, 0.5) is 0 Å². The SMILES string of the molecule is CC(C)n1cc([C@@H]2CN(CC3=CCCOC3)C[C@H]2CO)cn1. The highest BCUT2D eigenvalue weighted by Crippen LogP contribution is 2.33. The third-order valence-corrected chi connectivity index (χ3v) is 4.74. The Morgan fingerprint density at radius 1 is 1.41 bits per heavy atom. The summed E-state index contributed by atoms with van der Waals surface area (Å²) < 4.78 is 7.53. The Hall–Kier alpha value is -1.17. The molecular formula is C17H27N3O2. The lowest BCUT2D eigenvalue weighted by atomic mass is 9.92. The molecule has 0 radical (unpaired) electrons. The summed E-state index contributed by atoms with van der Waals surface area (Å²) >= 11 is 0. The Kier molecular flexibility index (Phi) is 4.96. The summed E-state index contributed by atoms with van der Waals surface area (Å²) in [6.07, 6.45) is 7.45. The van der Waals surface area contributed by atoms with Gasteiger partial charge in [-0.15, -0.1) is 0 Å². The van der Waals surface area contributed by atoms with Gasteiger partial charge in [0, 0.05) is 50.3 Å². The van der Waals surface area contributed by atoms with Crippen molar-refractivity contribution in [2.45, 2.75) is 32.2 Å². The molecule has 0 aromatic carbocycles. The minimum absolute atomic E-state index is 0.240. The smallest absolute Gasteiger partial charge is 0.0689 e. The number of rotatable bonds is 5. The van der Waals surface area contributed by atoms with E-state index in [0.717, 1.165) is 39.3 Å². The van der Waals surface area contributed by atoms with Crippen LogP contribution < -0.4 is 0 Å². The lowest BCUT2D eigenvalue weighted by Crippen LogP contribution is -2.26. The van der Waals surface area contributed by atoms with Gasteiger partial charge in [-0.3, -0.25) is 9.58 Å². The Bertz CT molecular complexity index is 524. The van der Waals surface area contributed by atoms with E-state index in [1.807, 2.05) is 10.9 Å². The number of hydrogen-bond acceptors (Lipinski definition) is 4. The van der Waals surface area contributed by atoms with E-state index in [9.17, 15) is 5.11 Å². The molecule has 0 aliphatic carbocycles. The van der Waals surface area contributed by atoms with E-state index in [4.69, 9.17) is 4.74 Å². The molecule has 3 heterocycles. The molecule has 1 aromatic heterocycles. The molecule has 0 amide bonds. The summed E-state index contributed by atoms with van der Waals surface area (Å²) in [5.74, 6) is 0.678. The lowest BCUT2D eigenvalue weighted by molar-refractivity contribution is 0.143. The molecule has 0 saturated carbocycles. The average molecular weight is 305 g/mol. The predicted octanol–water partition coefficient (Wildman–Crippen LogP) is 1.82. The first-order valence-electron chi connectivity index (χ1n) is 8.30. The van der Waals surface area contributed by atoms with E-state index in [1.54, 1.807) is 0 Å². The molecule has 1 saturated heterocycles. The van der Waals surface area contributed by atoms with Crippen LogP contribution in [0.25, 0.3) is 0 Å². The summed E-state index contributed by atoms with van der Waals surface area (Å²) in [5, 5.41) is 14.2. The maximum atomic E-state index is 9.74. The molecule has 1 fully saturated rings. The van der Waals surface area contributed by atoms with Crippen molar-refractivity contribution in [2.75, 3.05) is 39.5 Å². The number of likely N-dealkylation sites (tertiary alicyclic amines) is 1. The van der Waals surface area contributed by atoms with Crippen LogP contribution in [0, 0.1) is 5.92 Å². The molecule has 22 heavy (non-hydrogen) atoms. The molecule has 5 heteroatoms. The first-order chi connectivity index (χ1) is 10.7. The molecule has 2 aliphatic heterocycles. The first-order valence-corrected chi connectivity index (χ1v) is 8.30. The molecule has 1 aromatic rings. The average Bonchev–Trinajstić information content (AvgIpc) is 3.14. The fraction of sp³-hybridized carbons (Fsp3) is 0.706. The van der Waals surface area contributed by atoms with E-state index in [2.05, 4.69) is 36.1 Å². The maximum Gasteiger partial charge on any atom is 0.0689 e. The Balaban J connectivity index is 1.67.